The second-order valence-corrected chi connectivity index (χ2v) is 7.54. The highest BCUT2D eigenvalue weighted by Crippen LogP contribution is 2.19. The molecule has 0 spiro atoms. The van der Waals surface area contributed by atoms with Crippen LogP contribution in [0.5, 0.6) is 0 Å². The molecule has 0 radical (unpaired) electrons. The van der Waals surface area contributed by atoms with E-state index in [2.05, 4.69) is 10.3 Å². The fraction of sp³-hybridized carbons (Fsp3) is 0.333. The second kappa shape index (κ2) is 7.90. The summed E-state index contributed by atoms with van der Waals surface area (Å²) in [6.07, 6.45) is 1.22. The molecule has 29 heavy (non-hydrogen) atoms. The molecule has 3 aromatic rings. The Morgan fingerprint density at radius 2 is 1.93 bits per heavy atom. The Morgan fingerprint density at radius 1 is 1.21 bits per heavy atom. The fourth-order valence-electron chi connectivity index (χ4n) is 3.21. The van der Waals surface area contributed by atoms with Crippen LogP contribution in [0.3, 0.4) is 0 Å². The first kappa shape index (κ1) is 20.3. The first-order valence-electron chi connectivity index (χ1n) is 9.37. The predicted octanol–water partition coefficient (Wildman–Crippen LogP) is 2.81. The molecule has 0 bridgehead atoms. The Balaban J connectivity index is 2.03. The van der Waals surface area contributed by atoms with E-state index in [1.807, 2.05) is 39.8 Å². The first-order valence-corrected chi connectivity index (χ1v) is 9.37. The number of aromatic nitrogens is 3. The second-order valence-electron chi connectivity index (χ2n) is 7.54. The third kappa shape index (κ3) is 4.06. The number of carbonyl (C=O) groups is 2. The number of rotatable bonds is 6. The van der Waals surface area contributed by atoms with E-state index in [-0.39, 0.29) is 29.6 Å². The maximum absolute atomic E-state index is 13.0. The van der Waals surface area contributed by atoms with Gasteiger partial charge in [0.05, 0.1) is 11.1 Å². The van der Waals surface area contributed by atoms with Crippen molar-refractivity contribution < 1.29 is 14.7 Å². The average Bonchev–Trinajstić information content (AvgIpc) is 2.90. The molecule has 2 aromatic heterocycles. The van der Waals surface area contributed by atoms with Crippen molar-refractivity contribution in [3.63, 3.8) is 0 Å². The number of nitrogens with zero attached hydrogens (tertiary/aromatic N) is 3. The van der Waals surface area contributed by atoms with Crippen molar-refractivity contribution >= 4 is 28.7 Å². The van der Waals surface area contributed by atoms with Gasteiger partial charge in [-0.2, -0.15) is 0 Å². The van der Waals surface area contributed by atoms with Crippen LogP contribution in [-0.2, 0) is 17.9 Å². The molecule has 0 aliphatic heterocycles. The highest BCUT2D eigenvalue weighted by atomic mass is 16.4. The number of fused-ring (bicyclic) bond motifs is 1. The predicted molar refractivity (Wildman–Crippen MR) is 110 cm³/mol. The summed E-state index contributed by atoms with van der Waals surface area (Å²) >= 11 is 0. The van der Waals surface area contributed by atoms with Crippen LogP contribution >= 0.6 is 0 Å². The Kier molecular flexibility index (Phi) is 5.54. The van der Waals surface area contributed by atoms with Crippen molar-refractivity contribution in [2.45, 2.75) is 40.8 Å². The molecule has 0 unspecified atom stereocenters. The van der Waals surface area contributed by atoms with Crippen molar-refractivity contribution in [1.82, 2.24) is 14.1 Å². The SMILES string of the molecule is Cc1cccc(NC(=O)Cn2c(=O)n(CC(C)C)c3ncc(C(=O)O)cc32)c1C. The lowest BCUT2D eigenvalue weighted by Gasteiger charge is -2.10. The molecule has 0 fully saturated rings. The molecule has 2 N–H and O–H groups in total. The minimum atomic E-state index is -1.14. The highest BCUT2D eigenvalue weighted by molar-refractivity contribution is 5.93. The van der Waals surface area contributed by atoms with E-state index in [9.17, 15) is 19.5 Å². The zero-order chi connectivity index (χ0) is 21.3. The lowest BCUT2D eigenvalue weighted by Crippen LogP contribution is -2.30. The highest BCUT2D eigenvalue weighted by Gasteiger charge is 2.19. The van der Waals surface area contributed by atoms with Gasteiger partial charge in [-0.15, -0.1) is 0 Å². The van der Waals surface area contributed by atoms with E-state index in [1.54, 1.807) is 6.07 Å². The van der Waals surface area contributed by atoms with Crippen molar-refractivity contribution in [3.8, 4) is 0 Å². The number of carboxylic acids is 1. The van der Waals surface area contributed by atoms with Crippen molar-refractivity contribution in [2.24, 2.45) is 5.92 Å². The monoisotopic (exact) mass is 396 g/mol. The quantitative estimate of drug-likeness (QED) is 0.666. The molecule has 0 aliphatic carbocycles. The summed E-state index contributed by atoms with van der Waals surface area (Å²) in [6.45, 7) is 7.98. The smallest absolute Gasteiger partial charge is 0.337 e. The molecular weight excluding hydrogens is 372 g/mol. The molecule has 8 nitrogen and oxygen atoms in total. The van der Waals surface area contributed by atoms with Crippen LogP contribution in [-0.4, -0.2) is 31.1 Å². The van der Waals surface area contributed by atoms with Crippen LogP contribution in [0.1, 0.15) is 35.3 Å². The Hall–Kier alpha value is -3.42. The number of aromatic carboxylic acids is 1. The average molecular weight is 396 g/mol. The van der Waals surface area contributed by atoms with E-state index >= 15 is 0 Å². The summed E-state index contributed by atoms with van der Waals surface area (Å²) in [5.41, 5.74) is 2.94. The van der Waals surface area contributed by atoms with Gasteiger partial charge < -0.3 is 10.4 Å². The number of carbonyl (C=O) groups excluding carboxylic acids is 1. The van der Waals surface area contributed by atoms with Crippen molar-refractivity contribution in [3.05, 3.63) is 57.6 Å². The Morgan fingerprint density at radius 3 is 2.59 bits per heavy atom. The van der Waals surface area contributed by atoms with Crippen LogP contribution in [0.2, 0.25) is 0 Å². The molecule has 3 rings (SSSR count). The third-order valence-electron chi connectivity index (χ3n) is 4.83. The van der Waals surface area contributed by atoms with Crippen LogP contribution in [0.25, 0.3) is 11.2 Å². The van der Waals surface area contributed by atoms with Gasteiger partial charge in [0.15, 0.2) is 5.65 Å². The minimum Gasteiger partial charge on any atom is -0.478 e. The summed E-state index contributed by atoms with van der Waals surface area (Å²) in [6, 6.07) is 6.99. The molecule has 2 heterocycles. The van der Waals surface area contributed by atoms with Gasteiger partial charge >= 0.3 is 11.7 Å². The molecule has 0 aliphatic rings. The normalized spacial score (nSPS) is 11.2. The minimum absolute atomic E-state index is 0.0390. The number of anilines is 1. The number of nitrogens with one attached hydrogen (secondary N) is 1. The number of benzene rings is 1. The van der Waals surface area contributed by atoms with Crippen LogP contribution in [0.4, 0.5) is 5.69 Å². The van der Waals surface area contributed by atoms with Crippen molar-refractivity contribution in [2.75, 3.05) is 5.32 Å². The molecular formula is C21H24N4O4. The summed E-state index contributed by atoms with van der Waals surface area (Å²) < 4.78 is 2.76. The van der Waals surface area contributed by atoms with E-state index in [0.29, 0.717) is 23.4 Å². The molecule has 0 saturated heterocycles. The molecule has 0 atom stereocenters. The molecule has 152 valence electrons. The lowest BCUT2D eigenvalue weighted by atomic mass is 10.1. The van der Waals surface area contributed by atoms with Gasteiger partial charge in [-0.1, -0.05) is 26.0 Å². The number of aryl methyl sites for hydroxylation is 1. The Bertz CT molecular complexity index is 1160. The topological polar surface area (TPSA) is 106 Å². The van der Waals surface area contributed by atoms with Gasteiger partial charge in [0.25, 0.3) is 0 Å². The first-order chi connectivity index (χ1) is 13.7. The summed E-state index contributed by atoms with van der Waals surface area (Å²) in [5.74, 6) is -1.34. The zero-order valence-corrected chi connectivity index (χ0v) is 16.9. The van der Waals surface area contributed by atoms with Crippen molar-refractivity contribution in [1.29, 1.82) is 0 Å². The summed E-state index contributed by atoms with van der Waals surface area (Å²) in [4.78, 5) is 41.2. The summed E-state index contributed by atoms with van der Waals surface area (Å²) in [5, 5.41) is 12.1. The number of hydrogen-bond acceptors (Lipinski definition) is 4. The summed E-state index contributed by atoms with van der Waals surface area (Å²) in [7, 11) is 0. The molecule has 0 saturated carbocycles. The fourth-order valence-corrected chi connectivity index (χ4v) is 3.21. The van der Waals surface area contributed by atoms with Crippen LogP contribution < -0.4 is 11.0 Å². The third-order valence-corrected chi connectivity index (χ3v) is 4.83. The number of carboxylic acid groups (broad SMARTS) is 1. The van der Waals surface area contributed by atoms with Gasteiger partial charge in [0.1, 0.15) is 6.54 Å². The number of pyridine rings is 1. The van der Waals surface area contributed by atoms with Gasteiger partial charge in [0, 0.05) is 18.4 Å². The van der Waals surface area contributed by atoms with E-state index in [1.165, 1.54) is 21.4 Å². The molecule has 8 heteroatoms. The largest absolute Gasteiger partial charge is 0.478 e. The van der Waals surface area contributed by atoms with Crippen LogP contribution in [0, 0.1) is 19.8 Å². The standard InChI is InChI=1S/C21H24N4O4/c1-12(2)10-25-19-17(8-15(9-22-19)20(27)28)24(21(25)29)11-18(26)23-16-7-5-6-13(3)14(16)4/h5-9,12H,10-11H2,1-4H3,(H,23,26)(H,27,28). The number of hydrogen-bond donors (Lipinski definition) is 2. The van der Waals surface area contributed by atoms with E-state index < -0.39 is 5.97 Å². The van der Waals surface area contributed by atoms with E-state index in [0.717, 1.165) is 11.1 Å². The van der Waals surface area contributed by atoms with E-state index in [4.69, 9.17) is 0 Å². The lowest BCUT2D eigenvalue weighted by molar-refractivity contribution is -0.116. The van der Waals surface area contributed by atoms with Gasteiger partial charge in [-0.25, -0.2) is 14.6 Å². The van der Waals surface area contributed by atoms with Crippen LogP contribution in [0.15, 0.2) is 35.3 Å². The molecule has 1 aromatic carbocycles. The van der Waals surface area contributed by atoms with Gasteiger partial charge in [-0.3, -0.25) is 13.9 Å². The zero-order valence-electron chi connectivity index (χ0n) is 16.9. The number of imidazole rings is 1. The van der Waals surface area contributed by atoms with Gasteiger partial charge in [0.2, 0.25) is 5.91 Å². The number of amides is 1. The molecule has 1 amide bonds. The maximum Gasteiger partial charge on any atom is 0.337 e. The Labute approximate surface area is 167 Å². The maximum atomic E-state index is 13.0. The van der Waals surface area contributed by atoms with Gasteiger partial charge in [-0.05, 0) is 43.0 Å².